The Hall–Kier alpha value is -2.20. The zero-order chi connectivity index (χ0) is 17.4. The van der Waals surface area contributed by atoms with Crippen molar-refractivity contribution in [3.8, 4) is 5.75 Å². The van der Waals surface area contributed by atoms with E-state index in [0.29, 0.717) is 24.1 Å². The van der Waals surface area contributed by atoms with Crippen LogP contribution < -0.4 is 15.4 Å². The molecule has 2 rings (SSSR count). The lowest BCUT2D eigenvalue weighted by atomic mass is 10.2. The highest BCUT2D eigenvalue weighted by Gasteiger charge is 2.04. The summed E-state index contributed by atoms with van der Waals surface area (Å²) in [6, 6.07) is 15.1. The lowest BCUT2D eigenvalue weighted by Gasteiger charge is -2.11. The number of nitrogens with one attached hydrogen (secondary N) is 2. The second-order valence-corrected chi connectivity index (χ2v) is 6.36. The van der Waals surface area contributed by atoms with E-state index in [1.54, 1.807) is 0 Å². The van der Waals surface area contributed by atoms with Crippen LogP contribution in [0.1, 0.15) is 19.4 Å². The number of hydrogen-bond donors (Lipinski definition) is 2. The Morgan fingerprint density at radius 1 is 1.17 bits per heavy atom. The van der Waals surface area contributed by atoms with Crippen molar-refractivity contribution < 1.29 is 9.53 Å². The Bertz CT molecular complexity index is 674. The SMILES string of the molecule is CC(C)COc1cccc(NCC(=O)NCc2ccccc2Cl)c1. The summed E-state index contributed by atoms with van der Waals surface area (Å²) in [5.41, 5.74) is 1.75. The van der Waals surface area contributed by atoms with Crippen LogP contribution in [-0.4, -0.2) is 19.1 Å². The van der Waals surface area contributed by atoms with E-state index in [1.807, 2.05) is 48.5 Å². The fourth-order valence-electron chi connectivity index (χ4n) is 2.04. The van der Waals surface area contributed by atoms with E-state index in [0.717, 1.165) is 17.0 Å². The molecule has 1 amide bonds. The molecule has 4 nitrogen and oxygen atoms in total. The molecule has 0 bridgehead atoms. The number of anilines is 1. The smallest absolute Gasteiger partial charge is 0.239 e. The minimum absolute atomic E-state index is 0.0941. The van der Waals surface area contributed by atoms with Gasteiger partial charge in [0.1, 0.15) is 5.75 Å². The van der Waals surface area contributed by atoms with E-state index < -0.39 is 0 Å². The third kappa shape index (κ3) is 6.13. The van der Waals surface area contributed by atoms with Gasteiger partial charge in [-0.25, -0.2) is 0 Å². The topological polar surface area (TPSA) is 50.4 Å². The minimum atomic E-state index is -0.0941. The molecule has 0 aliphatic heterocycles. The molecule has 0 unspecified atom stereocenters. The molecule has 0 aliphatic rings. The molecule has 128 valence electrons. The average Bonchev–Trinajstić information content (AvgIpc) is 2.58. The van der Waals surface area contributed by atoms with Crippen molar-refractivity contribution >= 4 is 23.2 Å². The third-order valence-corrected chi connectivity index (χ3v) is 3.67. The molecule has 0 radical (unpaired) electrons. The molecule has 0 aliphatic carbocycles. The number of ether oxygens (including phenoxy) is 1. The number of amides is 1. The molecule has 0 atom stereocenters. The number of halogens is 1. The Morgan fingerprint density at radius 3 is 2.71 bits per heavy atom. The van der Waals surface area contributed by atoms with E-state index >= 15 is 0 Å². The molecule has 0 fully saturated rings. The Labute approximate surface area is 148 Å². The molecule has 0 saturated carbocycles. The fourth-order valence-corrected chi connectivity index (χ4v) is 2.24. The molecule has 0 heterocycles. The van der Waals surface area contributed by atoms with Gasteiger partial charge in [-0.1, -0.05) is 49.7 Å². The van der Waals surface area contributed by atoms with Crippen LogP contribution in [0, 0.1) is 5.92 Å². The first kappa shape index (κ1) is 18.1. The molecule has 0 saturated heterocycles. The molecular weight excluding hydrogens is 324 g/mol. The van der Waals surface area contributed by atoms with Gasteiger partial charge >= 0.3 is 0 Å². The first-order valence-corrected chi connectivity index (χ1v) is 8.39. The standard InChI is InChI=1S/C19H23ClN2O2/c1-14(2)13-24-17-8-5-7-16(10-17)21-12-19(23)22-11-15-6-3-4-9-18(15)20/h3-10,14,21H,11-13H2,1-2H3,(H,22,23). The predicted octanol–water partition coefficient (Wildman–Crippen LogP) is 4.10. The van der Waals surface area contributed by atoms with Gasteiger partial charge in [-0.15, -0.1) is 0 Å². The van der Waals surface area contributed by atoms with Gasteiger partial charge in [-0.2, -0.15) is 0 Å². The van der Waals surface area contributed by atoms with Crippen LogP contribution in [0.15, 0.2) is 48.5 Å². The molecule has 0 aromatic heterocycles. The highest BCUT2D eigenvalue weighted by Crippen LogP contribution is 2.18. The van der Waals surface area contributed by atoms with Crippen LogP contribution >= 0.6 is 11.6 Å². The third-order valence-electron chi connectivity index (χ3n) is 3.30. The van der Waals surface area contributed by atoms with Gasteiger partial charge in [0.15, 0.2) is 0 Å². The summed E-state index contributed by atoms with van der Waals surface area (Å²) in [6.45, 7) is 5.48. The Balaban J connectivity index is 1.79. The van der Waals surface area contributed by atoms with E-state index in [-0.39, 0.29) is 12.5 Å². The molecule has 2 aromatic carbocycles. The second kappa shape index (κ2) is 9.18. The van der Waals surface area contributed by atoms with E-state index in [9.17, 15) is 4.79 Å². The normalized spacial score (nSPS) is 10.5. The summed E-state index contributed by atoms with van der Waals surface area (Å²) < 4.78 is 5.68. The highest BCUT2D eigenvalue weighted by molar-refractivity contribution is 6.31. The molecule has 0 spiro atoms. The van der Waals surface area contributed by atoms with E-state index in [2.05, 4.69) is 24.5 Å². The predicted molar refractivity (Wildman–Crippen MR) is 98.6 cm³/mol. The number of carbonyl (C=O) groups is 1. The zero-order valence-electron chi connectivity index (χ0n) is 14.0. The van der Waals surface area contributed by atoms with Gasteiger partial charge in [0.25, 0.3) is 0 Å². The molecule has 5 heteroatoms. The maximum Gasteiger partial charge on any atom is 0.239 e. The second-order valence-electron chi connectivity index (χ2n) is 5.95. The molecular formula is C19H23ClN2O2. The van der Waals surface area contributed by atoms with E-state index in [4.69, 9.17) is 16.3 Å². The van der Waals surface area contributed by atoms with Gasteiger partial charge in [-0.3, -0.25) is 4.79 Å². The number of benzene rings is 2. The zero-order valence-corrected chi connectivity index (χ0v) is 14.8. The van der Waals surface area contributed by atoms with Gasteiger partial charge in [-0.05, 0) is 29.7 Å². The van der Waals surface area contributed by atoms with Crippen molar-refractivity contribution in [1.82, 2.24) is 5.32 Å². The monoisotopic (exact) mass is 346 g/mol. The van der Waals surface area contributed by atoms with E-state index in [1.165, 1.54) is 0 Å². The van der Waals surface area contributed by atoms with Crippen molar-refractivity contribution in [3.63, 3.8) is 0 Å². The van der Waals surface area contributed by atoms with Gasteiger partial charge in [0.2, 0.25) is 5.91 Å². The van der Waals surface area contributed by atoms with Crippen LogP contribution in [0.2, 0.25) is 5.02 Å². The largest absolute Gasteiger partial charge is 0.493 e. The minimum Gasteiger partial charge on any atom is -0.493 e. The van der Waals surface area contributed by atoms with Crippen LogP contribution in [0.3, 0.4) is 0 Å². The van der Waals surface area contributed by atoms with Crippen molar-refractivity contribution in [2.75, 3.05) is 18.5 Å². The van der Waals surface area contributed by atoms with Crippen LogP contribution in [0.5, 0.6) is 5.75 Å². The average molecular weight is 347 g/mol. The first-order chi connectivity index (χ1) is 11.5. The van der Waals surface area contributed by atoms with Crippen molar-refractivity contribution in [3.05, 3.63) is 59.1 Å². The van der Waals surface area contributed by atoms with Crippen LogP contribution in [0.25, 0.3) is 0 Å². The van der Waals surface area contributed by atoms with Gasteiger partial charge in [0, 0.05) is 23.3 Å². The van der Waals surface area contributed by atoms with Crippen LogP contribution in [0.4, 0.5) is 5.69 Å². The molecule has 24 heavy (non-hydrogen) atoms. The van der Waals surface area contributed by atoms with Crippen molar-refractivity contribution in [1.29, 1.82) is 0 Å². The lowest BCUT2D eigenvalue weighted by molar-refractivity contribution is -0.119. The highest BCUT2D eigenvalue weighted by atomic mass is 35.5. The number of carbonyl (C=O) groups excluding carboxylic acids is 1. The van der Waals surface area contributed by atoms with Crippen molar-refractivity contribution in [2.24, 2.45) is 5.92 Å². The summed E-state index contributed by atoms with van der Waals surface area (Å²) in [4.78, 5) is 12.0. The maximum absolute atomic E-state index is 12.0. The molecule has 2 aromatic rings. The van der Waals surface area contributed by atoms with Gasteiger partial charge < -0.3 is 15.4 Å². The van der Waals surface area contributed by atoms with Crippen molar-refractivity contribution in [2.45, 2.75) is 20.4 Å². The Kier molecular flexibility index (Phi) is 6.94. The number of hydrogen-bond acceptors (Lipinski definition) is 3. The van der Waals surface area contributed by atoms with Crippen LogP contribution in [-0.2, 0) is 11.3 Å². The lowest BCUT2D eigenvalue weighted by Crippen LogP contribution is -2.29. The summed E-state index contributed by atoms with van der Waals surface area (Å²) in [7, 11) is 0. The van der Waals surface area contributed by atoms with Gasteiger partial charge in [0.05, 0.1) is 13.2 Å². The first-order valence-electron chi connectivity index (χ1n) is 8.01. The maximum atomic E-state index is 12.0. The summed E-state index contributed by atoms with van der Waals surface area (Å²) in [6.07, 6.45) is 0. The molecule has 2 N–H and O–H groups in total. The summed E-state index contributed by atoms with van der Waals surface area (Å²) in [5, 5.41) is 6.60. The number of rotatable bonds is 8. The summed E-state index contributed by atoms with van der Waals surface area (Å²) in [5.74, 6) is 1.17. The fraction of sp³-hybridized carbons (Fsp3) is 0.316. The Morgan fingerprint density at radius 2 is 1.96 bits per heavy atom. The summed E-state index contributed by atoms with van der Waals surface area (Å²) >= 11 is 6.07. The quantitative estimate of drug-likeness (QED) is 0.756.